The van der Waals surface area contributed by atoms with Gasteiger partial charge in [0.25, 0.3) is 11.8 Å². The van der Waals surface area contributed by atoms with Crippen LogP contribution in [0.5, 0.6) is 11.6 Å². The molecule has 5 rings (SSSR count). The van der Waals surface area contributed by atoms with E-state index in [0.717, 1.165) is 0 Å². The van der Waals surface area contributed by atoms with Crippen molar-refractivity contribution in [2.45, 2.75) is 12.5 Å². The smallest absolute Gasteiger partial charge is 0.255 e. The number of hydrogen-bond donors (Lipinski definition) is 3. The molecular formula is C24H19ClFN5O4. The number of aromatic nitrogens is 3. The highest BCUT2D eigenvalue weighted by atomic mass is 35.5. The number of aromatic amines is 1. The second-order valence-corrected chi connectivity index (χ2v) is 8.59. The number of carbonyl (C=O) groups is 2. The van der Waals surface area contributed by atoms with E-state index in [-0.39, 0.29) is 40.5 Å². The maximum absolute atomic E-state index is 13.9. The second kappa shape index (κ2) is 8.64. The molecule has 178 valence electrons. The van der Waals surface area contributed by atoms with Gasteiger partial charge in [0.05, 0.1) is 40.2 Å². The van der Waals surface area contributed by atoms with E-state index in [4.69, 9.17) is 21.1 Å². The van der Waals surface area contributed by atoms with E-state index in [1.54, 1.807) is 6.92 Å². The van der Waals surface area contributed by atoms with E-state index in [0.29, 0.717) is 28.0 Å². The van der Waals surface area contributed by atoms with E-state index in [1.165, 1.54) is 56.0 Å². The lowest BCUT2D eigenvalue weighted by Crippen LogP contribution is -2.53. The second-order valence-electron chi connectivity index (χ2n) is 8.18. The number of methoxy groups -OCH3 is 1. The highest BCUT2D eigenvalue weighted by Crippen LogP contribution is 2.39. The largest absolute Gasteiger partial charge is 0.436 e. The molecule has 1 aliphatic rings. The Kier molecular flexibility index (Phi) is 5.62. The van der Waals surface area contributed by atoms with Gasteiger partial charge < -0.3 is 25.1 Å². The fraction of sp³-hybridized carbons (Fsp3) is 0.167. The van der Waals surface area contributed by atoms with Crippen LogP contribution >= 0.6 is 11.6 Å². The van der Waals surface area contributed by atoms with Crippen molar-refractivity contribution in [2.24, 2.45) is 0 Å². The number of carbonyl (C=O) groups excluding carboxylic acids is 2. The van der Waals surface area contributed by atoms with Crippen LogP contribution < -0.4 is 15.4 Å². The third-order valence-electron chi connectivity index (χ3n) is 5.65. The molecule has 0 unspecified atom stereocenters. The van der Waals surface area contributed by atoms with Crippen molar-refractivity contribution in [2.75, 3.05) is 24.4 Å². The van der Waals surface area contributed by atoms with E-state index >= 15 is 0 Å². The van der Waals surface area contributed by atoms with Crippen molar-refractivity contribution in [3.8, 4) is 11.6 Å². The monoisotopic (exact) mass is 495 g/mol. The van der Waals surface area contributed by atoms with Gasteiger partial charge in [-0.3, -0.25) is 9.59 Å². The Hall–Kier alpha value is -4.02. The maximum Gasteiger partial charge on any atom is 0.255 e. The normalized spacial score (nSPS) is 17.0. The van der Waals surface area contributed by atoms with Gasteiger partial charge in [0, 0.05) is 31.1 Å². The van der Waals surface area contributed by atoms with Crippen molar-refractivity contribution in [1.29, 1.82) is 0 Å². The van der Waals surface area contributed by atoms with Crippen LogP contribution in [0.25, 0.3) is 11.0 Å². The number of ether oxygens (including phenoxy) is 2. The topological polar surface area (TPSA) is 118 Å². The number of anilines is 2. The van der Waals surface area contributed by atoms with Gasteiger partial charge in [-0.1, -0.05) is 11.6 Å². The molecular weight excluding hydrogens is 477 g/mol. The van der Waals surface area contributed by atoms with Gasteiger partial charge in [0.15, 0.2) is 11.6 Å². The lowest BCUT2D eigenvalue weighted by molar-refractivity contribution is -0.121. The van der Waals surface area contributed by atoms with Gasteiger partial charge in [-0.25, -0.2) is 14.4 Å². The van der Waals surface area contributed by atoms with Gasteiger partial charge >= 0.3 is 0 Å². The molecule has 1 aromatic carbocycles. The molecule has 9 nitrogen and oxygen atoms in total. The Bertz CT molecular complexity index is 1490. The summed E-state index contributed by atoms with van der Waals surface area (Å²) in [6, 6.07) is 7.09. The van der Waals surface area contributed by atoms with Crippen LogP contribution in [0.3, 0.4) is 0 Å². The predicted octanol–water partition coefficient (Wildman–Crippen LogP) is 4.54. The molecule has 4 aromatic rings. The van der Waals surface area contributed by atoms with Crippen molar-refractivity contribution in [1.82, 2.24) is 15.0 Å². The molecule has 0 saturated heterocycles. The van der Waals surface area contributed by atoms with Gasteiger partial charge in [-0.05, 0) is 31.2 Å². The Morgan fingerprint density at radius 1 is 1.23 bits per heavy atom. The first-order chi connectivity index (χ1) is 16.8. The fourth-order valence-electron chi connectivity index (χ4n) is 3.93. The summed E-state index contributed by atoms with van der Waals surface area (Å²) in [5.41, 5.74) is 0.901. The first-order valence-corrected chi connectivity index (χ1v) is 10.9. The number of rotatable bonds is 6. The number of H-pyrrole nitrogens is 1. The molecule has 0 saturated carbocycles. The van der Waals surface area contributed by atoms with E-state index in [2.05, 4.69) is 25.6 Å². The Morgan fingerprint density at radius 3 is 2.80 bits per heavy atom. The highest BCUT2D eigenvalue weighted by Gasteiger charge is 2.39. The van der Waals surface area contributed by atoms with Crippen molar-refractivity contribution in [3.05, 3.63) is 70.9 Å². The molecule has 0 bridgehead atoms. The van der Waals surface area contributed by atoms with Crippen molar-refractivity contribution >= 4 is 45.7 Å². The molecule has 3 aromatic heterocycles. The Balaban J connectivity index is 1.52. The number of fused-ring (bicyclic) bond motifs is 3. The fourth-order valence-corrected chi connectivity index (χ4v) is 4.19. The number of benzene rings is 1. The molecule has 1 atom stereocenters. The van der Waals surface area contributed by atoms with Crippen LogP contribution in [0, 0.1) is 5.82 Å². The minimum absolute atomic E-state index is 0.111. The van der Waals surface area contributed by atoms with Crippen LogP contribution in [0.1, 0.15) is 22.8 Å². The van der Waals surface area contributed by atoms with E-state index < -0.39 is 11.4 Å². The summed E-state index contributed by atoms with van der Waals surface area (Å²) in [5, 5.41) is 6.65. The van der Waals surface area contributed by atoms with Gasteiger partial charge in [-0.15, -0.1) is 0 Å². The average molecular weight is 496 g/mol. The van der Waals surface area contributed by atoms with E-state index in [9.17, 15) is 14.0 Å². The molecule has 35 heavy (non-hydrogen) atoms. The molecule has 1 aliphatic heterocycles. The first-order valence-electron chi connectivity index (χ1n) is 10.5. The number of hydrogen-bond acceptors (Lipinski definition) is 7. The lowest BCUT2D eigenvalue weighted by Gasteiger charge is -2.35. The number of nitrogens with zero attached hydrogens (tertiary/aromatic N) is 2. The summed E-state index contributed by atoms with van der Waals surface area (Å²) < 4.78 is 24.5. The zero-order valence-corrected chi connectivity index (χ0v) is 19.4. The minimum Gasteiger partial charge on any atom is -0.436 e. The van der Waals surface area contributed by atoms with Crippen LogP contribution in [-0.4, -0.2) is 45.9 Å². The lowest BCUT2D eigenvalue weighted by atomic mass is 9.96. The first kappa shape index (κ1) is 22.8. The van der Waals surface area contributed by atoms with Crippen LogP contribution in [0.4, 0.5) is 15.8 Å². The number of halogens is 2. The molecule has 3 N–H and O–H groups in total. The molecule has 1 amide bonds. The molecule has 0 radical (unpaired) electrons. The number of ketones is 1. The van der Waals surface area contributed by atoms with Gasteiger partial charge in [-0.2, -0.15) is 0 Å². The summed E-state index contributed by atoms with van der Waals surface area (Å²) in [5.74, 6) is -1.26. The van der Waals surface area contributed by atoms with Crippen LogP contribution in [0.2, 0.25) is 5.02 Å². The standard InChI is InChI=1S/C24H19ClFN5O4/c1-24(11-34-2)23(33)30-17-10-29-21-18(19(17)31-24)14(9-28-21)20(32)13-6-5-12(8-15(13)25)35-22-16(26)4-3-7-27-22/h3-10,31H,11H2,1-2H3,(H,28,29)(H,30,33)/t24-/m0/s1. The summed E-state index contributed by atoms with van der Waals surface area (Å²) >= 11 is 6.42. The Labute approximate surface area is 203 Å². The minimum atomic E-state index is -1.05. The van der Waals surface area contributed by atoms with Crippen LogP contribution in [0.15, 0.2) is 48.9 Å². The molecule has 11 heteroatoms. The summed E-state index contributed by atoms with van der Waals surface area (Å²) in [4.78, 5) is 37.3. The zero-order valence-electron chi connectivity index (χ0n) is 18.6. The summed E-state index contributed by atoms with van der Waals surface area (Å²) in [7, 11) is 1.50. The molecule has 4 heterocycles. The van der Waals surface area contributed by atoms with E-state index in [1.807, 2.05) is 0 Å². The van der Waals surface area contributed by atoms with Gasteiger partial charge in [0.1, 0.15) is 16.9 Å². The number of amides is 1. The third kappa shape index (κ3) is 3.96. The average Bonchev–Trinajstić information content (AvgIpc) is 3.26. The van der Waals surface area contributed by atoms with Gasteiger partial charge in [0.2, 0.25) is 0 Å². The third-order valence-corrected chi connectivity index (χ3v) is 5.97. The Morgan fingerprint density at radius 2 is 2.06 bits per heavy atom. The molecule has 0 aliphatic carbocycles. The molecule has 0 spiro atoms. The number of pyridine rings is 2. The molecule has 0 fully saturated rings. The SMILES string of the molecule is COC[C@]1(C)Nc2c(cnc3[nH]cc(C(=O)c4ccc(Oc5ncccc5F)cc4Cl)c23)NC1=O. The summed E-state index contributed by atoms with van der Waals surface area (Å²) in [6.45, 7) is 1.81. The van der Waals surface area contributed by atoms with Crippen molar-refractivity contribution in [3.63, 3.8) is 0 Å². The van der Waals surface area contributed by atoms with Crippen LogP contribution in [-0.2, 0) is 9.53 Å². The number of nitrogens with one attached hydrogen (secondary N) is 3. The quantitative estimate of drug-likeness (QED) is 0.336. The zero-order chi connectivity index (χ0) is 24.7. The highest BCUT2D eigenvalue weighted by molar-refractivity contribution is 6.36. The predicted molar refractivity (Wildman–Crippen MR) is 128 cm³/mol. The van der Waals surface area contributed by atoms with Crippen molar-refractivity contribution < 1.29 is 23.5 Å². The summed E-state index contributed by atoms with van der Waals surface area (Å²) in [6.07, 6.45) is 4.45. The maximum atomic E-state index is 13.9.